The summed E-state index contributed by atoms with van der Waals surface area (Å²) < 4.78 is 11.2. The quantitative estimate of drug-likeness (QED) is 0.692. The Hall–Kier alpha value is -1.65. The maximum Gasteiger partial charge on any atom is 0.309 e. The van der Waals surface area contributed by atoms with Crippen LogP contribution < -0.4 is 0 Å². The standard InChI is InChI=1S/C17H22O5/c1-8-11-7-13(21-10(3)18)17(4)6-5-12(19)9(2)14(17)15(11)22-16(8)20/h5-6,8-9,11,13-15H,7H2,1-4H3. The molecule has 3 aliphatic rings. The molecule has 0 radical (unpaired) electrons. The van der Waals surface area contributed by atoms with Crippen LogP contribution in [0.25, 0.3) is 0 Å². The molecule has 2 fully saturated rings. The van der Waals surface area contributed by atoms with Gasteiger partial charge in [0.25, 0.3) is 0 Å². The summed E-state index contributed by atoms with van der Waals surface area (Å²) in [5, 5.41) is 0. The maximum atomic E-state index is 12.1. The molecule has 0 N–H and O–H groups in total. The number of hydrogen-bond donors (Lipinski definition) is 0. The first kappa shape index (κ1) is 15.3. The van der Waals surface area contributed by atoms with E-state index >= 15 is 0 Å². The summed E-state index contributed by atoms with van der Waals surface area (Å²) in [7, 11) is 0. The molecule has 3 rings (SSSR count). The van der Waals surface area contributed by atoms with Crippen LogP contribution in [0.5, 0.6) is 0 Å². The minimum atomic E-state index is -0.482. The van der Waals surface area contributed by atoms with Gasteiger partial charge in [-0.15, -0.1) is 0 Å². The van der Waals surface area contributed by atoms with Gasteiger partial charge >= 0.3 is 11.9 Å². The molecular formula is C17H22O5. The van der Waals surface area contributed by atoms with E-state index in [1.54, 1.807) is 6.08 Å². The summed E-state index contributed by atoms with van der Waals surface area (Å²) in [5.41, 5.74) is -0.482. The van der Waals surface area contributed by atoms with Crippen molar-refractivity contribution < 1.29 is 23.9 Å². The lowest BCUT2D eigenvalue weighted by molar-refractivity contribution is -0.175. The zero-order chi connectivity index (χ0) is 16.2. The van der Waals surface area contributed by atoms with Gasteiger partial charge in [0.05, 0.1) is 5.92 Å². The van der Waals surface area contributed by atoms with Gasteiger partial charge in [-0.3, -0.25) is 14.4 Å². The molecule has 0 spiro atoms. The molecule has 1 aliphatic heterocycles. The Kier molecular flexibility index (Phi) is 3.42. The Balaban J connectivity index is 2.05. The third-order valence-electron chi connectivity index (χ3n) is 5.84. The van der Waals surface area contributed by atoms with E-state index in [1.807, 2.05) is 26.8 Å². The molecule has 1 saturated heterocycles. The molecule has 1 saturated carbocycles. The van der Waals surface area contributed by atoms with Gasteiger partial charge in [-0.05, 0) is 12.5 Å². The Morgan fingerprint density at radius 3 is 2.64 bits per heavy atom. The zero-order valence-corrected chi connectivity index (χ0v) is 13.4. The van der Waals surface area contributed by atoms with E-state index in [-0.39, 0.29) is 53.6 Å². The van der Waals surface area contributed by atoms with E-state index in [9.17, 15) is 14.4 Å². The molecule has 1 heterocycles. The summed E-state index contributed by atoms with van der Waals surface area (Å²) in [5.74, 6) is -1.13. The summed E-state index contributed by atoms with van der Waals surface area (Å²) in [6.07, 6.45) is 3.41. The van der Waals surface area contributed by atoms with E-state index in [0.717, 1.165) is 0 Å². The van der Waals surface area contributed by atoms with Crippen LogP contribution in [0.4, 0.5) is 0 Å². The van der Waals surface area contributed by atoms with Crippen molar-refractivity contribution in [2.75, 3.05) is 0 Å². The van der Waals surface area contributed by atoms with Crippen molar-refractivity contribution in [3.05, 3.63) is 12.2 Å². The van der Waals surface area contributed by atoms with Crippen LogP contribution in [0.2, 0.25) is 0 Å². The first-order valence-electron chi connectivity index (χ1n) is 7.86. The Morgan fingerprint density at radius 1 is 1.32 bits per heavy atom. The second-order valence-corrected chi connectivity index (χ2v) is 7.10. The molecule has 2 aliphatic carbocycles. The van der Waals surface area contributed by atoms with Crippen molar-refractivity contribution in [1.82, 2.24) is 0 Å². The molecule has 7 atom stereocenters. The molecule has 0 aromatic rings. The number of carbonyl (C=O) groups excluding carboxylic acids is 3. The average molecular weight is 306 g/mol. The number of ether oxygens (including phenoxy) is 2. The molecule has 0 aromatic carbocycles. The lowest BCUT2D eigenvalue weighted by Crippen LogP contribution is -2.57. The van der Waals surface area contributed by atoms with E-state index < -0.39 is 5.41 Å². The highest BCUT2D eigenvalue weighted by Gasteiger charge is 2.62. The van der Waals surface area contributed by atoms with Crippen LogP contribution in [-0.4, -0.2) is 29.9 Å². The van der Waals surface area contributed by atoms with Gasteiger partial charge < -0.3 is 9.47 Å². The van der Waals surface area contributed by atoms with E-state index in [0.29, 0.717) is 6.42 Å². The van der Waals surface area contributed by atoms with Gasteiger partial charge in [0.2, 0.25) is 0 Å². The number of esters is 2. The van der Waals surface area contributed by atoms with Gasteiger partial charge in [0.15, 0.2) is 5.78 Å². The second kappa shape index (κ2) is 4.93. The SMILES string of the molecule is CC(=O)OC1CC2C(C)C(=O)OC2C2C(C)C(=O)C=CC12C. The van der Waals surface area contributed by atoms with Gasteiger partial charge in [-0.2, -0.15) is 0 Å². The van der Waals surface area contributed by atoms with Crippen LogP contribution in [0.3, 0.4) is 0 Å². The van der Waals surface area contributed by atoms with Crippen molar-refractivity contribution in [3.63, 3.8) is 0 Å². The second-order valence-electron chi connectivity index (χ2n) is 7.10. The summed E-state index contributed by atoms with van der Waals surface area (Å²) >= 11 is 0. The normalized spacial score (nSPS) is 46.7. The molecule has 5 nitrogen and oxygen atoms in total. The van der Waals surface area contributed by atoms with Crippen LogP contribution >= 0.6 is 0 Å². The first-order chi connectivity index (χ1) is 10.3. The van der Waals surface area contributed by atoms with Crippen molar-refractivity contribution in [2.24, 2.45) is 29.1 Å². The fraction of sp³-hybridized carbons (Fsp3) is 0.706. The fourth-order valence-electron chi connectivity index (χ4n) is 4.54. The predicted octanol–water partition coefficient (Wildman–Crippen LogP) is 1.90. The molecule has 7 unspecified atom stereocenters. The monoisotopic (exact) mass is 306 g/mol. The molecule has 5 heteroatoms. The Bertz CT molecular complexity index is 565. The van der Waals surface area contributed by atoms with Gasteiger partial charge in [-0.1, -0.05) is 26.8 Å². The Labute approximate surface area is 130 Å². The zero-order valence-electron chi connectivity index (χ0n) is 13.4. The fourth-order valence-corrected chi connectivity index (χ4v) is 4.54. The van der Waals surface area contributed by atoms with Crippen LogP contribution in [-0.2, 0) is 23.9 Å². The number of hydrogen-bond acceptors (Lipinski definition) is 5. The molecular weight excluding hydrogens is 284 g/mol. The van der Waals surface area contributed by atoms with E-state index in [4.69, 9.17) is 9.47 Å². The van der Waals surface area contributed by atoms with Gasteiger partial charge in [-0.25, -0.2) is 0 Å². The van der Waals surface area contributed by atoms with Crippen LogP contribution in [0, 0.1) is 29.1 Å². The predicted molar refractivity (Wildman–Crippen MR) is 77.6 cm³/mol. The van der Waals surface area contributed by atoms with Crippen molar-refractivity contribution in [2.45, 2.75) is 46.3 Å². The lowest BCUT2D eigenvalue weighted by Gasteiger charge is -2.52. The summed E-state index contributed by atoms with van der Waals surface area (Å²) in [6.45, 7) is 7.12. The highest BCUT2D eigenvalue weighted by atomic mass is 16.6. The maximum absolute atomic E-state index is 12.1. The highest BCUT2D eigenvalue weighted by molar-refractivity contribution is 5.93. The molecule has 120 valence electrons. The van der Waals surface area contributed by atoms with Crippen molar-refractivity contribution >= 4 is 17.7 Å². The lowest BCUT2D eigenvalue weighted by atomic mass is 9.54. The van der Waals surface area contributed by atoms with Crippen LogP contribution in [0.15, 0.2) is 12.2 Å². The van der Waals surface area contributed by atoms with Crippen molar-refractivity contribution in [3.8, 4) is 0 Å². The minimum absolute atomic E-state index is 0.00308. The first-order valence-corrected chi connectivity index (χ1v) is 7.86. The summed E-state index contributed by atoms with van der Waals surface area (Å²) in [4.78, 5) is 35.6. The third kappa shape index (κ3) is 2.02. The number of fused-ring (bicyclic) bond motifs is 3. The van der Waals surface area contributed by atoms with E-state index in [1.165, 1.54) is 6.92 Å². The highest BCUT2D eigenvalue weighted by Crippen LogP contribution is 2.56. The molecule has 22 heavy (non-hydrogen) atoms. The van der Waals surface area contributed by atoms with Crippen molar-refractivity contribution in [1.29, 1.82) is 0 Å². The summed E-state index contributed by atoms with van der Waals surface area (Å²) in [6, 6.07) is 0. The number of allylic oxidation sites excluding steroid dienone is 1. The third-order valence-corrected chi connectivity index (χ3v) is 5.84. The van der Waals surface area contributed by atoms with Gasteiger partial charge in [0.1, 0.15) is 12.2 Å². The number of carbonyl (C=O) groups is 3. The Morgan fingerprint density at radius 2 is 2.00 bits per heavy atom. The molecule has 0 aromatic heterocycles. The smallest absolute Gasteiger partial charge is 0.309 e. The van der Waals surface area contributed by atoms with Gasteiger partial charge in [0, 0.05) is 30.1 Å². The van der Waals surface area contributed by atoms with Crippen LogP contribution in [0.1, 0.15) is 34.1 Å². The number of rotatable bonds is 1. The molecule has 0 amide bonds. The number of ketones is 1. The minimum Gasteiger partial charge on any atom is -0.462 e. The topological polar surface area (TPSA) is 69.7 Å². The largest absolute Gasteiger partial charge is 0.462 e. The average Bonchev–Trinajstić information content (AvgIpc) is 2.70. The van der Waals surface area contributed by atoms with E-state index in [2.05, 4.69) is 0 Å². The molecule has 0 bridgehead atoms.